The lowest BCUT2D eigenvalue weighted by molar-refractivity contribution is -0.126. The summed E-state index contributed by atoms with van der Waals surface area (Å²) in [6.07, 6.45) is 0. The van der Waals surface area contributed by atoms with E-state index in [-0.39, 0.29) is 18.0 Å². The predicted molar refractivity (Wildman–Crippen MR) is 83.0 cm³/mol. The molecule has 5 heteroatoms. The molecule has 2 unspecified atom stereocenters. The predicted octanol–water partition coefficient (Wildman–Crippen LogP) is 0.612. The largest absolute Gasteiger partial charge is 0.378 e. The van der Waals surface area contributed by atoms with E-state index in [1.165, 1.54) is 5.56 Å². The van der Waals surface area contributed by atoms with Gasteiger partial charge in [0.15, 0.2) is 0 Å². The summed E-state index contributed by atoms with van der Waals surface area (Å²) >= 11 is 0. The van der Waals surface area contributed by atoms with E-state index in [2.05, 4.69) is 41.6 Å². The van der Waals surface area contributed by atoms with Gasteiger partial charge in [-0.2, -0.15) is 0 Å². The molecule has 0 radical (unpaired) electrons. The molecule has 0 bridgehead atoms. The van der Waals surface area contributed by atoms with Crippen LogP contribution < -0.4 is 10.6 Å². The molecular formula is C16H25N3O2. The van der Waals surface area contributed by atoms with Crippen molar-refractivity contribution >= 4 is 5.91 Å². The van der Waals surface area contributed by atoms with Crippen molar-refractivity contribution in [1.29, 1.82) is 0 Å². The Bertz CT molecular complexity index is 432. The van der Waals surface area contributed by atoms with E-state index < -0.39 is 0 Å². The quantitative estimate of drug-likeness (QED) is 0.806. The molecule has 116 valence electrons. The van der Waals surface area contributed by atoms with Crippen LogP contribution >= 0.6 is 0 Å². The summed E-state index contributed by atoms with van der Waals surface area (Å²) in [6.45, 7) is 5.51. The molecule has 1 heterocycles. The van der Waals surface area contributed by atoms with Gasteiger partial charge in [0.1, 0.15) is 6.04 Å². The SMILES string of the molecule is CC(CNC(=O)C1COCCN1)N(C)Cc1ccccc1. The number of carbonyl (C=O) groups is 1. The van der Waals surface area contributed by atoms with Gasteiger partial charge in [0.25, 0.3) is 0 Å². The summed E-state index contributed by atoms with van der Waals surface area (Å²) in [5.41, 5.74) is 1.28. The zero-order valence-corrected chi connectivity index (χ0v) is 12.8. The van der Waals surface area contributed by atoms with Gasteiger partial charge >= 0.3 is 0 Å². The summed E-state index contributed by atoms with van der Waals surface area (Å²) in [4.78, 5) is 14.2. The minimum atomic E-state index is -0.217. The molecule has 1 saturated heterocycles. The first-order valence-electron chi connectivity index (χ1n) is 7.50. The monoisotopic (exact) mass is 291 g/mol. The van der Waals surface area contributed by atoms with Crippen LogP contribution in [0.1, 0.15) is 12.5 Å². The number of amides is 1. The number of carbonyl (C=O) groups excluding carboxylic acids is 1. The number of ether oxygens (including phenoxy) is 1. The lowest BCUT2D eigenvalue weighted by Crippen LogP contribution is -2.53. The fraction of sp³-hybridized carbons (Fsp3) is 0.562. The van der Waals surface area contributed by atoms with Crippen molar-refractivity contribution in [2.75, 3.05) is 33.4 Å². The second kappa shape index (κ2) is 8.12. The molecule has 2 atom stereocenters. The van der Waals surface area contributed by atoms with Gasteiger partial charge in [0.05, 0.1) is 13.2 Å². The molecule has 1 aliphatic heterocycles. The highest BCUT2D eigenvalue weighted by Crippen LogP contribution is 2.05. The van der Waals surface area contributed by atoms with E-state index >= 15 is 0 Å². The van der Waals surface area contributed by atoms with Crippen LogP contribution in [0.5, 0.6) is 0 Å². The zero-order valence-electron chi connectivity index (χ0n) is 12.8. The number of hydrogen-bond acceptors (Lipinski definition) is 4. The highest BCUT2D eigenvalue weighted by atomic mass is 16.5. The maximum atomic E-state index is 12.0. The van der Waals surface area contributed by atoms with Crippen molar-refractivity contribution in [2.45, 2.75) is 25.6 Å². The molecule has 5 nitrogen and oxygen atoms in total. The second-order valence-corrected chi connectivity index (χ2v) is 5.58. The lowest BCUT2D eigenvalue weighted by Gasteiger charge is -2.27. The van der Waals surface area contributed by atoms with Crippen LogP contribution in [0.25, 0.3) is 0 Å². The number of morpholine rings is 1. The topological polar surface area (TPSA) is 53.6 Å². The van der Waals surface area contributed by atoms with E-state index in [0.717, 1.165) is 13.1 Å². The Morgan fingerprint density at radius 3 is 2.90 bits per heavy atom. The molecule has 1 aliphatic rings. The maximum absolute atomic E-state index is 12.0. The molecule has 1 fully saturated rings. The number of likely N-dealkylation sites (N-methyl/N-ethyl adjacent to an activating group) is 1. The van der Waals surface area contributed by atoms with Gasteiger partial charge in [-0.1, -0.05) is 30.3 Å². The smallest absolute Gasteiger partial charge is 0.239 e. The van der Waals surface area contributed by atoms with Gasteiger partial charge in [-0.25, -0.2) is 0 Å². The average Bonchev–Trinajstić information content (AvgIpc) is 2.54. The normalized spacial score (nSPS) is 20.2. The van der Waals surface area contributed by atoms with Crippen molar-refractivity contribution in [2.24, 2.45) is 0 Å². The van der Waals surface area contributed by atoms with Gasteiger partial charge < -0.3 is 15.4 Å². The van der Waals surface area contributed by atoms with Crippen LogP contribution in [0.2, 0.25) is 0 Å². The molecule has 21 heavy (non-hydrogen) atoms. The summed E-state index contributed by atoms with van der Waals surface area (Å²) in [5.74, 6) is 0.0228. The van der Waals surface area contributed by atoms with E-state index in [9.17, 15) is 4.79 Å². The van der Waals surface area contributed by atoms with Crippen LogP contribution in [0.4, 0.5) is 0 Å². The Labute approximate surface area is 126 Å². The molecule has 1 amide bonds. The minimum Gasteiger partial charge on any atom is -0.378 e. The van der Waals surface area contributed by atoms with E-state index in [0.29, 0.717) is 19.8 Å². The van der Waals surface area contributed by atoms with Crippen molar-refractivity contribution in [3.63, 3.8) is 0 Å². The zero-order chi connectivity index (χ0) is 15.1. The van der Waals surface area contributed by atoms with Crippen LogP contribution in [0, 0.1) is 0 Å². The van der Waals surface area contributed by atoms with Crippen molar-refractivity contribution < 1.29 is 9.53 Å². The van der Waals surface area contributed by atoms with E-state index in [1.807, 2.05) is 18.2 Å². The van der Waals surface area contributed by atoms with Crippen LogP contribution in [0.3, 0.4) is 0 Å². The number of nitrogens with one attached hydrogen (secondary N) is 2. The van der Waals surface area contributed by atoms with Crippen molar-refractivity contribution in [1.82, 2.24) is 15.5 Å². The maximum Gasteiger partial charge on any atom is 0.239 e. The number of hydrogen-bond donors (Lipinski definition) is 2. The third-order valence-corrected chi connectivity index (χ3v) is 3.84. The van der Waals surface area contributed by atoms with Gasteiger partial charge in [0, 0.05) is 25.7 Å². The fourth-order valence-corrected chi connectivity index (χ4v) is 2.29. The molecule has 0 spiro atoms. The minimum absolute atomic E-state index is 0.0228. The number of benzene rings is 1. The Morgan fingerprint density at radius 2 is 2.24 bits per heavy atom. The first-order chi connectivity index (χ1) is 10.2. The first kappa shape index (κ1) is 15.9. The first-order valence-corrected chi connectivity index (χ1v) is 7.50. The van der Waals surface area contributed by atoms with Gasteiger partial charge in [0.2, 0.25) is 5.91 Å². The van der Waals surface area contributed by atoms with Crippen LogP contribution in [0.15, 0.2) is 30.3 Å². The van der Waals surface area contributed by atoms with Crippen molar-refractivity contribution in [3.8, 4) is 0 Å². The van der Waals surface area contributed by atoms with E-state index in [1.54, 1.807) is 0 Å². The third kappa shape index (κ3) is 5.12. The summed E-state index contributed by atoms with van der Waals surface area (Å²) in [6, 6.07) is 10.4. The number of nitrogens with zero attached hydrogens (tertiary/aromatic N) is 1. The Morgan fingerprint density at radius 1 is 1.48 bits per heavy atom. The molecule has 0 aromatic heterocycles. The Balaban J connectivity index is 1.73. The van der Waals surface area contributed by atoms with Gasteiger partial charge in [-0.3, -0.25) is 9.69 Å². The fourth-order valence-electron chi connectivity index (χ4n) is 2.29. The molecule has 1 aromatic carbocycles. The Kier molecular flexibility index (Phi) is 6.17. The number of rotatable bonds is 6. The Hall–Kier alpha value is -1.43. The molecule has 2 N–H and O–H groups in total. The third-order valence-electron chi connectivity index (χ3n) is 3.84. The molecule has 1 aromatic rings. The summed E-state index contributed by atoms with van der Waals surface area (Å²) in [5, 5.41) is 6.16. The summed E-state index contributed by atoms with van der Waals surface area (Å²) in [7, 11) is 2.08. The molecule has 0 saturated carbocycles. The van der Waals surface area contributed by atoms with Crippen LogP contribution in [-0.2, 0) is 16.1 Å². The highest BCUT2D eigenvalue weighted by Gasteiger charge is 2.21. The lowest BCUT2D eigenvalue weighted by atomic mass is 10.2. The van der Waals surface area contributed by atoms with E-state index in [4.69, 9.17) is 4.74 Å². The van der Waals surface area contributed by atoms with Crippen LogP contribution in [-0.4, -0.2) is 56.2 Å². The summed E-state index contributed by atoms with van der Waals surface area (Å²) < 4.78 is 5.30. The molecule has 0 aliphatic carbocycles. The average molecular weight is 291 g/mol. The van der Waals surface area contributed by atoms with Gasteiger partial charge in [-0.05, 0) is 19.5 Å². The van der Waals surface area contributed by atoms with Gasteiger partial charge in [-0.15, -0.1) is 0 Å². The molecule has 2 rings (SSSR count). The second-order valence-electron chi connectivity index (χ2n) is 5.58. The molecular weight excluding hydrogens is 266 g/mol. The highest BCUT2D eigenvalue weighted by molar-refractivity contribution is 5.82. The van der Waals surface area contributed by atoms with Crippen molar-refractivity contribution in [3.05, 3.63) is 35.9 Å². The standard InChI is InChI=1S/C16H25N3O2/c1-13(19(2)11-14-6-4-3-5-7-14)10-18-16(20)15-12-21-9-8-17-15/h3-7,13,15,17H,8-12H2,1-2H3,(H,18,20).